The molecule has 170 valence electrons. The number of nitrogens with one attached hydrogen (secondary N) is 1. The SMILES string of the molecule is Cc1ccc(CNC(=O)Cc2c(C)c3cc4c(-c5ccc(F)cc5)coc4cc3oc2=O)cc1. The maximum atomic E-state index is 13.4. The minimum atomic E-state index is -0.542. The topological polar surface area (TPSA) is 72.5 Å². The van der Waals surface area contributed by atoms with Gasteiger partial charge in [0, 0.05) is 28.9 Å². The van der Waals surface area contributed by atoms with Gasteiger partial charge in [-0.05, 0) is 48.7 Å². The lowest BCUT2D eigenvalue weighted by Gasteiger charge is -2.09. The molecule has 0 unspecified atom stereocenters. The summed E-state index contributed by atoms with van der Waals surface area (Å²) in [6.07, 6.45) is 1.52. The summed E-state index contributed by atoms with van der Waals surface area (Å²) in [6.45, 7) is 4.20. The standard InChI is InChI=1S/C28H22FNO4/c1-16-3-5-18(6-4-16)14-30-27(31)12-22-17(2)21-11-23-24(19-7-9-20(29)10-8-19)15-33-25(23)13-26(21)34-28(22)32/h3-11,13,15H,12,14H2,1-2H3,(H,30,31). The molecule has 0 fully saturated rings. The fourth-order valence-electron chi connectivity index (χ4n) is 4.10. The van der Waals surface area contributed by atoms with Crippen LogP contribution in [0.15, 0.2) is 80.6 Å². The average molecular weight is 455 g/mol. The highest BCUT2D eigenvalue weighted by Crippen LogP contribution is 2.34. The highest BCUT2D eigenvalue weighted by atomic mass is 19.1. The van der Waals surface area contributed by atoms with E-state index in [9.17, 15) is 14.0 Å². The Morgan fingerprint density at radius 3 is 2.41 bits per heavy atom. The summed E-state index contributed by atoms with van der Waals surface area (Å²) in [6, 6.07) is 17.6. The minimum Gasteiger partial charge on any atom is -0.464 e. The van der Waals surface area contributed by atoms with E-state index in [0.29, 0.717) is 28.8 Å². The second kappa shape index (κ2) is 8.63. The van der Waals surface area contributed by atoms with E-state index in [2.05, 4.69) is 5.32 Å². The summed E-state index contributed by atoms with van der Waals surface area (Å²) < 4.78 is 24.6. The Bertz CT molecular complexity index is 1580. The molecule has 0 radical (unpaired) electrons. The predicted molar refractivity (Wildman–Crippen MR) is 129 cm³/mol. The summed E-state index contributed by atoms with van der Waals surface area (Å²) in [7, 11) is 0. The molecule has 6 heteroatoms. The van der Waals surface area contributed by atoms with Crippen LogP contribution in [0.2, 0.25) is 0 Å². The van der Waals surface area contributed by atoms with E-state index in [-0.39, 0.29) is 18.1 Å². The Labute approximate surface area is 194 Å². The number of amides is 1. The number of hydrogen-bond acceptors (Lipinski definition) is 4. The molecule has 0 saturated heterocycles. The van der Waals surface area contributed by atoms with Gasteiger partial charge in [-0.2, -0.15) is 0 Å². The highest BCUT2D eigenvalue weighted by Gasteiger charge is 2.18. The van der Waals surface area contributed by atoms with Gasteiger partial charge in [-0.15, -0.1) is 0 Å². The van der Waals surface area contributed by atoms with Crippen LogP contribution in [0.25, 0.3) is 33.1 Å². The van der Waals surface area contributed by atoms with Gasteiger partial charge >= 0.3 is 5.63 Å². The summed E-state index contributed by atoms with van der Waals surface area (Å²) in [4.78, 5) is 25.3. The molecular weight excluding hydrogens is 433 g/mol. The third-order valence-electron chi connectivity index (χ3n) is 6.08. The normalized spacial score (nSPS) is 11.3. The summed E-state index contributed by atoms with van der Waals surface area (Å²) in [5.41, 5.74) is 5.15. The summed E-state index contributed by atoms with van der Waals surface area (Å²) >= 11 is 0. The number of carbonyl (C=O) groups is 1. The van der Waals surface area contributed by atoms with Crippen LogP contribution in [0, 0.1) is 19.7 Å². The van der Waals surface area contributed by atoms with E-state index in [1.165, 1.54) is 12.1 Å². The van der Waals surface area contributed by atoms with Gasteiger partial charge in [0.1, 0.15) is 17.0 Å². The fourth-order valence-corrected chi connectivity index (χ4v) is 4.10. The Morgan fingerprint density at radius 2 is 1.68 bits per heavy atom. The molecule has 5 nitrogen and oxygen atoms in total. The number of fused-ring (bicyclic) bond motifs is 2. The van der Waals surface area contributed by atoms with Gasteiger partial charge in [0.2, 0.25) is 5.91 Å². The molecule has 34 heavy (non-hydrogen) atoms. The average Bonchev–Trinajstić information content (AvgIpc) is 3.23. The Morgan fingerprint density at radius 1 is 0.941 bits per heavy atom. The first-order valence-electron chi connectivity index (χ1n) is 10.9. The molecule has 0 spiro atoms. The first kappa shape index (κ1) is 21.6. The van der Waals surface area contributed by atoms with Crippen molar-refractivity contribution in [3.63, 3.8) is 0 Å². The van der Waals surface area contributed by atoms with Gasteiger partial charge in [0.05, 0.1) is 18.2 Å². The van der Waals surface area contributed by atoms with Crippen molar-refractivity contribution < 1.29 is 18.0 Å². The molecule has 2 aromatic heterocycles. The molecule has 0 bridgehead atoms. The number of benzene rings is 3. The molecule has 0 aliphatic heterocycles. The van der Waals surface area contributed by atoms with Gasteiger partial charge in [-0.1, -0.05) is 42.0 Å². The van der Waals surface area contributed by atoms with Gasteiger partial charge in [0.15, 0.2) is 0 Å². The number of hydrogen-bond donors (Lipinski definition) is 1. The van der Waals surface area contributed by atoms with Crippen LogP contribution in [-0.2, 0) is 17.8 Å². The predicted octanol–water partition coefficient (Wildman–Crippen LogP) is 5.82. The molecule has 0 atom stereocenters. The fraction of sp³-hybridized carbons (Fsp3) is 0.143. The van der Waals surface area contributed by atoms with Crippen LogP contribution in [0.5, 0.6) is 0 Å². The van der Waals surface area contributed by atoms with Crippen LogP contribution in [0.3, 0.4) is 0 Å². The largest absolute Gasteiger partial charge is 0.464 e. The molecule has 0 aliphatic carbocycles. The number of carbonyl (C=O) groups excluding carboxylic acids is 1. The minimum absolute atomic E-state index is 0.0792. The monoisotopic (exact) mass is 455 g/mol. The Hall–Kier alpha value is -4.19. The number of halogens is 1. The van der Waals surface area contributed by atoms with Crippen LogP contribution < -0.4 is 10.9 Å². The van der Waals surface area contributed by atoms with Crippen molar-refractivity contribution in [1.29, 1.82) is 0 Å². The van der Waals surface area contributed by atoms with Crippen molar-refractivity contribution in [3.05, 3.63) is 105 Å². The summed E-state index contributed by atoms with van der Waals surface area (Å²) in [5.74, 6) is -0.573. The Kier molecular flexibility index (Phi) is 5.49. The lowest BCUT2D eigenvalue weighted by atomic mass is 9.99. The molecule has 3 aromatic carbocycles. The first-order valence-corrected chi connectivity index (χ1v) is 10.9. The smallest absolute Gasteiger partial charge is 0.340 e. The first-order chi connectivity index (χ1) is 16.4. The second-order valence-electron chi connectivity index (χ2n) is 8.43. The molecule has 2 heterocycles. The molecular formula is C28H22FNO4. The zero-order valence-electron chi connectivity index (χ0n) is 18.8. The molecule has 1 N–H and O–H groups in total. The zero-order valence-corrected chi connectivity index (χ0v) is 18.8. The molecule has 5 rings (SSSR count). The van der Waals surface area contributed by atoms with Crippen LogP contribution in [0.4, 0.5) is 4.39 Å². The van der Waals surface area contributed by atoms with E-state index < -0.39 is 5.63 Å². The number of rotatable bonds is 5. The third-order valence-corrected chi connectivity index (χ3v) is 6.08. The molecule has 1 amide bonds. The van der Waals surface area contributed by atoms with Crippen LogP contribution >= 0.6 is 0 Å². The second-order valence-corrected chi connectivity index (χ2v) is 8.43. The number of aryl methyl sites for hydroxylation is 2. The maximum Gasteiger partial charge on any atom is 0.340 e. The van der Waals surface area contributed by atoms with Crippen molar-refractivity contribution in [2.24, 2.45) is 0 Å². The lowest BCUT2D eigenvalue weighted by molar-refractivity contribution is -0.120. The van der Waals surface area contributed by atoms with Crippen molar-refractivity contribution in [2.45, 2.75) is 26.8 Å². The van der Waals surface area contributed by atoms with Gasteiger partial charge in [-0.3, -0.25) is 4.79 Å². The Balaban J connectivity index is 1.47. The van der Waals surface area contributed by atoms with Crippen LogP contribution in [0.1, 0.15) is 22.3 Å². The van der Waals surface area contributed by atoms with Crippen molar-refractivity contribution >= 4 is 27.8 Å². The van der Waals surface area contributed by atoms with Gasteiger partial charge < -0.3 is 14.2 Å². The van der Waals surface area contributed by atoms with Gasteiger partial charge in [-0.25, -0.2) is 9.18 Å². The van der Waals surface area contributed by atoms with Gasteiger partial charge in [0.25, 0.3) is 0 Å². The van der Waals surface area contributed by atoms with Crippen molar-refractivity contribution in [2.75, 3.05) is 0 Å². The van der Waals surface area contributed by atoms with E-state index in [4.69, 9.17) is 8.83 Å². The van der Waals surface area contributed by atoms with Crippen LogP contribution in [-0.4, -0.2) is 5.91 Å². The molecule has 0 aliphatic rings. The zero-order chi connectivity index (χ0) is 23.8. The van der Waals surface area contributed by atoms with E-state index >= 15 is 0 Å². The third kappa shape index (κ3) is 4.10. The van der Waals surface area contributed by atoms with E-state index in [0.717, 1.165) is 33.0 Å². The number of furan rings is 1. The maximum absolute atomic E-state index is 13.4. The molecule has 0 saturated carbocycles. The van der Waals surface area contributed by atoms with Crippen molar-refractivity contribution in [1.82, 2.24) is 5.32 Å². The van der Waals surface area contributed by atoms with Crippen molar-refractivity contribution in [3.8, 4) is 11.1 Å². The lowest BCUT2D eigenvalue weighted by Crippen LogP contribution is -2.27. The molecule has 5 aromatic rings. The van der Waals surface area contributed by atoms with E-state index in [1.807, 2.05) is 44.2 Å². The highest BCUT2D eigenvalue weighted by molar-refractivity contribution is 6.02. The summed E-state index contributed by atoms with van der Waals surface area (Å²) in [5, 5.41) is 4.40. The quantitative estimate of drug-likeness (QED) is 0.339. The van der Waals surface area contributed by atoms with E-state index in [1.54, 1.807) is 24.5 Å².